The molecule has 0 aliphatic carbocycles. The van der Waals surface area contributed by atoms with Gasteiger partial charge < -0.3 is 10.1 Å². The van der Waals surface area contributed by atoms with Crippen molar-refractivity contribution in [1.82, 2.24) is 0 Å². The average Bonchev–Trinajstić information content (AvgIpc) is 2.41. The van der Waals surface area contributed by atoms with Crippen LogP contribution in [0.4, 0.5) is 14.5 Å². The maximum Gasteiger partial charge on any atom is 0.387 e. The van der Waals surface area contributed by atoms with Crippen LogP contribution in [-0.2, 0) is 6.54 Å². The summed E-state index contributed by atoms with van der Waals surface area (Å²) in [6.07, 6.45) is 0. The van der Waals surface area contributed by atoms with Gasteiger partial charge in [0.05, 0.1) is 0 Å². The minimum atomic E-state index is -2.83. The van der Waals surface area contributed by atoms with Gasteiger partial charge in [-0.1, -0.05) is 35.9 Å². The fourth-order valence-corrected chi connectivity index (χ4v) is 1.94. The van der Waals surface area contributed by atoms with Crippen LogP contribution >= 0.6 is 11.6 Å². The Balaban J connectivity index is 2.08. The Kier molecular flexibility index (Phi) is 4.79. The highest BCUT2D eigenvalue weighted by atomic mass is 35.5. The highest BCUT2D eigenvalue weighted by molar-refractivity contribution is 6.31. The van der Waals surface area contributed by atoms with Crippen molar-refractivity contribution < 1.29 is 13.5 Å². The van der Waals surface area contributed by atoms with E-state index in [1.165, 1.54) is 6.07 Å². The van der Waals surface area contributed by atoms with E-state index in [0.717, 1.165) is 11.3 Å². The number of halogens is 3. The third kappa shape index (κ3) is 3.84. The molecule has 0 unspecified atom stereocenters. The van der Waals surface area contributed by atoms with E-state index in [0.29, 0.717) is 17.1 Å². The van der Waals surface area contributed by atoms with Crippen molar-refractivity contribution in [3.05, 3.63) is 58.6 Å². The first-order chi connectivity index (χ1) is 9.56. The molecule has 0 saturated carbocycles. The Labute approximate surface area is 121 Å². The topological polar surface area (TPSA) is 21.3 Å². The summed E-state index contributed by atoms with van der Waals surface area (Å²) in [6, 6.07) is 12.3. The van der Waals surface area contributed by atoms with E-state index in [1.807, 2.05) is 19.1 Å². The van der Waals surface area contributed by atoms with Crippen LogP contribution in [0.2, 0.25) is 5.02 Å². The molecule has 2 rings (SSSR count). The zero-order valence-corrected chi connectivity index (χ0v) is 11.6. The molecule has 2 nitrogen and oxygen atoms in total. The van der Waals surface area contributed by atoms with Gasteiger partial charge in [0.1, 0.15) is 5.75 Å². The Hall–Kier alpha value is -1.81. The van der Waals surface area contributed by atoms with Gasteiger partial charge in [0.2, 0.25) is 0 Å². The molecule has 1 N–H and O–H groups in total. The highest BCUT2D eigenvalue weighted by Gasteiger charge is 2.08. The van der Waals surface area contributed by atoms with Crippen molar-refractivity contribution in [2.75, 3.05) is 5.32 Å². The minimum absolute atomic E-state index is 0.174. The van der Waals surface area contributed by atoms with E-state index in [9.17, 15) is 8.78 Å². The SMILES string of the molecule is Cc1ccc(NCc2ccccc2OC(F)F)cc1Cl. The Morgan fingerprint density at radius 2 is 1.95 bits per heavy atom. The molecule has 0 atom stereocenters. The summed E-state index contributed by atoms with van der Waals surface area (Å²) >= 11 is 6.03. The number of benzene rings is 2. The molecule has 0 fully saturated rings. The smallest absolute Gasteiger partial charge is 0.387 e. The van der Waals surface area contributed by atoms with Crippen LogP contribution in [0.3, 0.4) is 0 Å². The highest BCUT2D eigenvalue weighted by Crippen LogP contribution is 2.23. The summed E-state index contributed by atoms with van der Waals surface area (Å²) in [7, 11) is 0. The predicted octanol–water partition coefficient (Wildman–Crippen LogP) is 4.86. The normalized spacial score (nSPS) is 10.7. The summed E-state index contributed by atoms with van der Waals surface area (Å²) in [4.78, 5) is 0. The van der Waals surface area contributed by atoms with E-state index >= 15 is 0 Å². The van der Waals surface area contributed by atoms with Crippen molar-refractivity contribution in [3.63, 3.8) is 0 Å². The maximum atomic E-state index is 12.3. The van der Waals surface area contributed by atoms with Crippen LogP contribution in [-0.4, -0.2) is 6.61 Å². The monoisotopic (exact) mass is 297 g/mol. The van der Waals surface area contributed by atoms with Crippen molar-refractivity contribution in [3.8, 4) is 5.75 Å². The Bertz CT molecular complexity index is 590. The second kappa shape index (κ2) is 6.57. The molecule has 0 amide bonds. The summed E-state index contributed by atoms with van der Waals surface area (Å²) in [6.45, 7) is -0.537. The van der Waals surface area contributed by atoms with Gasteiger partial charge in [-0.15, -0.1) is 0 Å². The third-order valence-electron chi connectivity index (χ3n) is 2.84. The molecule has 5 heteroatoms. The molecule has 2 aromatic carbocycles. The van der Waals surface area contributed by atoms with Crippen LogP contribution in [0, 0.1) is 6.92 Å². The second-order valence-electron chi connectivity index (χ2n) is 4.30. The summed E-state index contributed by atoms with van der Waals surface area (Å²) in [5.74, 6) is 0.174. The van der Waals surface area contributed by atoms with Crippen LogP contribution in [0.25, 0.3) is 0 Å². The van der Waals surface area contributed by atoms with Gasteiger partial charge in [-0.3, -0.25) is 0 Å². The molecule has 0 saturated heterocycles. The molecule has 0 spiro atoms. The maximum absolute atomic E-state index is 12.3. The molecular weight excluding hydrogens is 284 g/mol. The largest absolute Gasteiger partial charge is 0.434 e. The predicted molar refractivity (Wildman–Crippen MR) is 76.6 cm³/mol. The number of para-hydroxylation sites is 1. The van der Waals surface area contributed by atoms with E-state index in [4.69, 9.17) is 11.6 Å². The van der Waals surface area contributed by atoms with E-state index in [1.54, 1.807) is 24.3 Å². The van der Waals surface area contributed by atoms with Crippen molar-refractivity contribution in [2.24, 2.45) is 0 Å². The van der Waals surface area contributed by atoms with Gasteiger partial charge in [-0.05, 0) is 30.7 Å². The minimum Gasteiger partial charge on any atom is -0.434 e. The van der Waals surface area contributed by atoms with Crippen LogP contribution in [0.1, 0.15) is 11.1 Å². The lowest BCUT2D eigenvalue weighted by Crippen LogP contribution is -2.07. The summed E-state index contributed by atoms with van der Waals surface area (Å²) < 4.78 is 29.1. The van der Waals surface area contributed by atoms with Crippen molar-refractivity contribution >= 4 is 17.3 Å². The third-order valence-corrected chi connectivity index (χ3v) is 3.25. The molecule has 0 aromatic heterocycles. The molecule has 0 heterocycles. The van der Waals surface area contributed by atoms with Gasteiger partial charge >= 0.3 is 6.61 Å². The van der Waals surface area contributed by atoms with Crippen LogP contribution in [0.15, 0.2) is 42.5 Å². The molecule has 2 aromatic rings. The number of aryl methyl sites for hydroxylation is 1. The molecular formula is C15H14ClF2NO. The molecule has 0 bridgehead atoms. The molecule has 20 heavy (non-hydrogen) atoms. The molecule has 0 aliphatic rings. The molecule has 0 radical (unpaired) electrons. The van der Waals surface area contributed by atoms with Crippen LogP contribution < -0.4 is 10.1 Å². The lowest BCUT2D eigenvalue weighted by molar-refractivity contribution is -0.0504. The van der Waals surface area contributed by atoms with Gasteiger partial charge in [-0.2, -0.15) is 8.78 Å². The van der Waals surface area contributed by atoms with Crippen molar-refractivity contribution in [1.29, 1.82) is 0 Å². The lowest BCUT2D eigenvalue weighted by atomic mass is 10.2. The number of anilines is 1. The van der Waals surface area contributed by atoms with Crippen molar-refractivity contribution in [2.45, 2.75) is 20.1 Å². The first-order valence-electron chi connectivity index (χ1n) is 6.09. The van der Waals surface area contributed by atoms with Gasteiger partial charge in [0.15, 0.2) is 0 Å². The quantitative estimate of drug-likeness (QED) is 0.851. The fourth-order valence-electron chi connectivity index (χ4n) is 1.76. The average molecular weight is 298 g/mol. The molecule has 0 aliphatic heterocycles. The first-order valence-corrected chi connectivity index (χ1v) is 6.47. The number of nitrogens with one attached hydrogen (secondary N) is 1. The number of hydrogen-bond acceptors (Lipinski definition) is 2. The number of rotatable bonds is 5. The Morgan fingerprint density at radius 3 is 2.65 bits per heavy atom. The number of ether oxygens (including phenoxy) is 1. The second-order valence-corrected chi connectivity index (χ2v) is 4.71. The summed E-state index contributed by atoms with van der Waals surface area (Å²) in [5.41, 5.74) is 2.47. The van der Waals surface area contributed by atoms with E-state index in [-0.39, 0.29) is 5.75 Å². The van der Waals surface area contributed by atoms with Gasteiger partial charge in [0, 0.05) is 22.8 Å². The zero-order chi connectivity index (χ0) is 14.5. The van der Waals surface area contributed by atoms with E-state index in [2.05, 4.69) is 10.1 Å². The standard InChI is InChI=1S/C15H14ClF2NO/c1-10-6-7-12(8-13(10)16)19-9-11-4-2-3-5-14(11)20-15(17)18/h2-8,15,19H,9H2,1H3. The lowest BCUT2D eigenvalue weighted by Gasteiger charge is -2.12. The number of alkyl halides is 2. The first kappa shape index (κ1) is 14.6. The fraction of sp³-hybridized carbons (Fsp3) is 0.200. The summed E-state index contributed by atoms with van der Waals surface area (Å²) in [5, 5.41) is 3.79. The van der Waals surface area contributed by atoms with Crippen LogP contribution in [0.5, 0.6) is 5.75 Å². The zero-order valence-electron chi connectivity index (χ0n) is 10.9. The van der Waals surface area contributed by atoms with E-state index < -0.39 is 6.61 Å². The van der Waals surface area contributed by atoms with Gasteiger partial charge in [-0.25, -0.2) is 0 Å². The van der Waals surface area contributed by atoms with Gasteiger partial charge in [0.25, 0.3) is 0 Å². The molecule has 106 valence electrons. The number of hydrogen-bond donors (Lipinski definition) is 1. The Morgan fingerprint density at radius 1 is 1.20 bits per heavy atom.